The number of carboxylic acid groups (broad SMARTS) is 2. The zero-order valence-electron chi connectivity index (χ0n) is 11.8. The van der Waals surface area contributed by atoms with Gasteiger partial charge < -0.3 is 31.9 Å². The van der Waals surface area contributed by atoms with E-state index in [2.05, 4.69) is 16.0 Å². The van der Waals surface area contributed by atoms with Crippen LogP contribution in [0.15, 0.2) is 0 Å². The Morgan fingerprint density at radius 2 is 1.55 bits per heavy atom. The molecular weight excluding hydrogens is 300 g/mol. The average Bonchev–Trinajstić information content (AvgIpc) is 2.41. The molecule has 0 aliphatic carbocycles. The van der Waals surface area contributed by atoms with Gasteiger partial charge in [0.05, 0.1) is 25.6 Å². The van der Waals surface area contributed by atoms with E-state index in [4.69, 9.17) is 15.9 Å². The molecule has 0 fully saturated rings. The van der Waals surface area contributed by atoms with Crippen LogP contribution in [0.2, 0.25) is 0 Å². The molecule has 0 aromatic heterocycles. The molecule has 0 aromatic carbocycles. The van der Waals surface area contributed by atoms with Crippen LogP contribution in [0.1, 0.15) is 13.3 Å². The van der Waals surface area contributed by atoms with Crippen molar-refractivity contribution in [1.82, 2.24) is 16.0 Å². The lowest BCUT2D eigenvalue weighted by Crippen LogP contribution is -2.48. The summed E-state index contributed by atoms with van der Waals surface area (Å²) in [5.41, 5.74) is 5.27. The van der Waals surface area contributed by atoms with E-state index in [0.717, 1.165) is 0 Å². The van der Waals surface area contributed by atoms with Crippen LogP contribution in [-0.2, 0) is 24.0 Å². The zero-order chi connectivity index (χ0) is 17.3. The molecule has 0 saturated heterocycles. The third kappa shape index (κ3) is 8.47. The van der Waals surface area contributed by atoms with Crippen LogP contribution in [0, 0.1) is 0 Å². The fraction of sp³-hybridized carbons (Fsp3) is 0.545. The third-order valence-corrected chi connectivity index (χ3v) is 2.35. The lowest BCUT2D eigenvalue weighted by Gasteiger charge is -2.11. The molecule has 0 heterocycles. The van der Waals surface area contributed by atoms with E-state index in [1.54, 1.807) is 0 Å². The number of amides is 3. The lowest BCUT2D eigenvalue weighted by atomic mass is 10.2. The number of carbonyl (C=O) groups excluding carboxylic acids is 3. The predicted octanol–water partition coefficient (Wildman–Crippen LogP) is -3.39. The van der Waals surface area contributed by atoms with E-state index >= 15 is 0 Å². The van der Waals surface area contributed by atoms with Crippen molar-refractivity contribution in [3.05, 3.63) is 0 Å². The van der Waals surface area contributed by atoms with E-state index in [1.807, 2.05) is 0 Å². The van der Waals surface area contributed by atoms with Gasteiger partial charge in [0.25, 0.3) is 0 Å². The quantitative estimate of drug-likeness (QED) is 0.254. The Morgan fingerprint density at radius 1 is 1.00 bits per heavy atom. The Balaban J connectivity index is 4.00. The molecule has 2 atom stereocenters. The number of hydrogen-bond donors (Lipinski definition) is 6. The number of rotatable bonds is 9. The second-order valence-corrected chi connectivity index (χ2v) is 4.33. The average molecular weight is 318 g/mol. The van der Waals surface area contributed by atoms with E-state index in [1.165, 1.54) is 6.92 Å². The molecule has 0 aromatic rings. The van der Waals surface area contributed by atoms with Crippen LogP contribution in [0.3, 0.4) is 0 Å². The van der Waals surface area contributed by atoms with Gasteiger partial charge in [-0.15, -0.1) is 0 Å². The first-order valence-electron chi connectivity index (χ1n) is 6.17. The fourth-order valence-electron chi connectivity index (χ4n) is 1.17. The van der Waals surface area contributed by atoms with Crippen LogP contribution in [-0.4, -0.2) is 65.0 Å². The Hall–Kier alpha value is -2.69. The summed E-state index contributed by atoms with van der Waals surface area (Å²) in [6, 6.07) is -2.39. The first kappa shape index (κ1) is 19.3. The van der Waals surface area contributed by atoms with Crippen LogP contribution in [0.4, 0.5) is 0 Å². The molecule has 7 N–H and O–H groups in total. The number of nitrogens with two attached hydrogens (primary N) is 1. The van der Waals surface area contributed by atoms with Gasteiger partial charge in [0.2, 0.25) is 17.7 Å². The van der Waals surface area contributed by atoms with Crippen LogP contribution >= 0.6 is 0 Å². The molecule has 11 heteroatoms. The molecule has 0 rings (SSSR count). The van der Waals surface area contributed by atoms with Crippen molar-refractivity contribution in [2.75, 3.05) is 13.1 Å². The Bertz CT molecular complexity index is 465. The van der Waals surface area contributed by atoms with Gasteiger partial charge in [0.15, 0.2) is 0 Å². The van der Waals surface area contributed by atoms with Crippen LogP contribution in [0.5, 0.6) is 0 Å². The number of carboxylic acids is 2. The summed E-state index contributed by atoms with van der Waals surface area (Å²) in [7, 11) is 0. The highest BCUT2D eigenvalue weighted by Gasteiger charge is 2.18. The summed E-state index contributed by atoms with van der Waals surface area (Å²) in [6.07, 6.45) is -0.580. The molecule has 0 unspecified atom stereocenters. The maximum absolute atomic E-state index is 11.3. The highest BCUT2D eigenvalue weighted by Crippen LogP contribution is 1.87. The van der Waals surface area contributed by atoms with Crippen molar-refractivity contribution in [2.45, 2.75) is 25.4 Å². The number of nitrogens with one attached hydrogen (secondary N) is 3. The molecule has 0 radical (unpaired) electrons. The Kier molecular flexibility index (Phi) is 8.15. The zero-order valence-corrected chi connectivity index (χ0v) is 11.8. The van der Waals surface area contributed by atoms with Crippen molar-refractivity contribution in [3.63, 3.8) is 0 Å². The standard InChI is InChI=1S/C11H18N4O7/c1-5(11(21)22)15-8(17)4-13-7(16)3-14-10(20)6(12)2-9(18)19/h5-6H,2-4,12H2,1H3,(H,13,16)(H,14,20)(H,15,17)(H,18,19)(H,21,22)/t5-,6-/m0/s1. The number of hydrogen-bond acceptors (Lipinski definition) is 6. The van der Waals surface area contributed by atoms with Gasteiger partial charge in [-0.2, -0.15) is 0 Å². The normalized spacial score (nSPS) is 12.6. The van der Waals surface area contributed by atoms with E-state index in [0.29, 0.717) is 0 Å². The van der Waals surface area contributed by atoms with Crippen molar-refractivity contribution in [1.29, 1.82) is 0 Å². The second-order valence-electron chi connectivity index (χ2n) is 4.33. The third-order valence-electron chi connectivity index (χ3n) is 2.35. The summed E-state index contributed by atoms with van der Waals surface area (Å²) in [4.78, 5) is 54.8. The molecular formula is C11H18N4O7. The van der Waals surface area contributed by atoms with Gasteiger partial charge in [-0.1, -0.05) is 0 Å². The maximum atomic E-state index is 11.3. The summed E-state index contributed by atoms with van der Waals surface area (Å²) in [5, 5.41) is 23.4. The van der Waals surface area contributed by atoms with E-state index in [9.17, 15) is 24.0 Å². The molecule has 22 heavy (non-hydrogen) atoms. The van der Waals surface area contributed by atoms with E-state index < -0.39 is 61.3 Å². The van der Waals surface area contributed by atoms with Crippen LogP contribution < -0.4 is 21.7 Å². The SMILES string of the molecule is C[C@H](NC(=O)CNC(=O)CNC(=O)[C@@H](N)CC(=O)O)C(=O)O. The highest BCUT2D eigenvalue weighted by atomic mass is 16.4. The number of carbonyl (C=O) groups is 5. The first-order valence-corrected chi connectivity index (χ1v) is 6.17. The first-order chi connectivity index (χ1) is 10.1. The van der Waals surface area contributed by atoms with Gasteiger partial charge in [0.1, 0.15) is 6.04 Å². The second kappa shape index (κ2) is 9.28. The molecule has 0 spiro atoms. The molecule has 0 aliphatic heterocycles. The molecule has 3 amide bonds. The number of aliphatic carboxylic acids is 2. The molecule has 0 bridgehead atoms. The summed E-state index contributed by atoms with van der Waals surface area (Å²) in [6.45, 7) is 0.299. The Labute approximate surface area is 125 Å². The summed E-state index contributed by atoms with van der Waals surface area (Å²) >= 11 is 0. The summed E-state index contributed by atoms with van der Waals surface area (Å²) < 4.78 is 0. The van der Waals surface area contributed by atoms with Crippen molar-refractivity contribution >= 4 is 29.7 Å². The minimum absolute atomic E-state index is 0.465. The molecule has 124 valence electrons. The molecule has 11 nitrogen and oxygen atoms in total. The largest absolute Gasteiger partial charge is 0.481 e. The Morgan fingerprint density at radius 3 is 2.05 bits per heavy atom. The van der Waals surface area contributed by atoms with Gasteiger partial charge in [-0.05, 0) is 6.92 Å². The fourth-order valence-corrected chi connectivity index (χ4v) is 1.17. The molecule has 0 saturated carbocycles. The van der Waals surface area contributed by atoms with Crippen LogP contribution in [0.25, 0.3) is 0 Å². The predicted molar refractivity (Wildman–Crippen MR) is 71.5 cm³/mol. The van der Waals surface area contributed by atoms with Crippen molar-refractivity contribution in [3.8, 4) is 0 Å². The van der Waals surface area contributed by atoms with Gasteiger partial charge in [0, 0.05) is 0 Å². The van der Waals surface area contributed by atoms with Gasteiger partial charge >= 0.3 is 11.9 Å². The van der Waals surface area contributed by atoms with Crippen molar-refractivity contribution < 1.29 is 34.2 Å². The lowest BCUT2D eigenvalue weighted by molar-refractivity contribution is -0.141. The maximum Gasteiger partial charge on any atom is 0.325 e. The minimum Gasteiger partial charge on any atom is -0.481 e. The summed E-state index contributed by atoms with van der Waals surface area (Å²) in [5.74, 6) is -4.72. The monoisotopic (exact) mass is 318 g/mol. The van der Waals surface area contributed by atoms with Gasteiger partial charge in [-0.25, -0.2) is 0 Å². The topological polar surface area (TPSA) is 188 Å². The highest BCUT2D eigenvalue weighted by molar-refractivity contribution is 5.91. The van der Waals surface area contributed by atoms with Gasteiger partial charge in [-0.3, -0.25) is 24.0 Å². The molecule has 0 aliphatic rings. The smallest absolute Gasteiger partial charge is 0.325 e. The minimum atomic E-state index is -1.29. The van der Waals surface area contributed by atoms with E-state index in [-0.39, 0.29) is 0 Å². The van der Waals surface area contributed by atoms with Crippen molar-refractivity contribution in [2.24, 2.45) is 5.73 Å².